The van der Waals surface area contributed by atoms with Gasteiger partial charge in [-0.25, -0.2) is 13.8 Å². The summed E-state index contributed by atoms with van der Waals surface area (Å²) in [6, 6.07) is 18.2. The number of fused-ring (bicyclic) bond motifs is 2. The molecule has 3 aromatic carbocycles. The Morgan fingerprint density at radius 3 is 2.23 bits per heavy atom. The number of hydrogen-bond acceptors (Lipinski definition) is 4. The summed E-state index contributed by atoms with van der Waals surface area (Å²) in [5, 5.41) is 0. The lowest BCUT2D eigenvalue weighted by Crippen LogP contribution is -2.50. The molecule has 5 rings (SSSR count). The minimum Gasteiger partial charge on any atom is -0.454 e. The van der Waals surface area contributed by atoms with E-state index in [0.717, 1.165) is 41.0 Å². The molecule has 0 saturated carbocycles. The Morgan fingerprint density at radius 1 is 0.839 bits per heavy atom. The van der Waals surface area contributed by atoms with Crippen molar-refractivity contribution < 1.29 is 18.3 Å². The summed E-state index contributed by atoms with van der Waals surface area (Å²) in [6.45, 7) is 1.92. The van der Waals surface area contributed by atoms with Crippen molar-refractivity contribution in [2.75, 3.05) is 26.2 Å². The quantitative estimate of drug-likeness (QED) is 0.579. The van der Waals surface area contributed by atoms with Crippen molar-refractivity contribution >= 4 is 17.4 Å². The van der Waals surface area contributed by atoms with Crippen LogP contribution in [0.4, 0.5) is 14.5 Å². The Bertz CT molecular complexity index is 1170. The van der Waals surface area contributed by atoms with Gasteiger partial charge in [0.1, 0.15) is 28.9 Å². The van der Waals surface area contributed by atoms with Gasteiger partial charge in [-0.15, -0.1) is 0 Å². The number of piperazine rings is 1. The van der Waals surface area contributed by atoms with E-state index in [4.69, 9.17) is 9.73 Å². The zero-order chi connectivity index (χ0) is 21.4. The molecule has 0 aliphatic carbocycles. The zero-order valence-corrected chi connectivity index (χ0v) is 16.6. The fourth-order valence-electron chi connectivity index (χ4n) is 3.89. The molecule has 0 N–H and O–H groups in total. The van der Waals surface area contributed by atoms with E-state index in [9.17, 15) is 13.6 Å². The smallest absolute Gasteiger partial charge is 0.254 e. The van der Waals surface area contributed by atoms with Crippen molar-refractivity contribution in [3.63, 3.8) is 0 Å². The summed E-state index contributed by atoms with van der Waals surface area (Å²) in [6.07, 6.45) is 0. The molecule has 2 aliphatic heterocycles. The van der Waals surface area contributed by atoms with E-state index in [-0.39, 0.29) is 11.5 Å². The van der Waals surface area contributed by atoms with Crippen LogP contribution in [0.5, 0.6) is 11.5 Å². The summed E-state index contributed by atoms with van der Waals surface area (Å²) in [7, 11) is 0. The van der Waals surface area contributed by atoms with Crippen molar-refractivity contribution in [2.24, 2.45) is 4.99 Å². The number of para-hydroxylation sites is 3. The molecule has 7 heteroatoms. The molecule has 1 saturated heterocycles. The molecule has 1 amide bonds. The molecular weight excluding hydrogens is 400 g/mol. The van der Waals surface area contributed by atoms with Crippen LogP contribution in [0.3, 0.4) is 0 Å². The Hall–Kier alpha value is -3.74. The monoisotopic (exact) mass is 419 g/mol. The Morgan fingerprint density at radius 2 is 1.48 bits per heavy atom. The van der Waals surface area contributed by atoms with Crippen LogP contribution in [0.1, 0.15) is 15.9 Å². The van der Waals surface area contributed by atoms with Gasteiger partial charge in [0.15, 0.2) is 5.75 Å². The van der Waals surface area contributed by atoms with Crippen molar-refractivity contribution in [2.45, 2.75) is 0 Å². The molecular formula is C24H19F2N3O2. The van der Waals surface area contributed by atoms with E-state index in [1.165, 1.54) is 0 Å². The molecule has 156 valence electrons. The predicted octanol–water partition coefficient (Wildman–Crippen LogP) is 4.61. The molecule has 2 aliphatic rings. The maximum Gasteiger partial charge on any atom is 0.254 e. The predicted molar refractivity (Wildman–Crippen MR) is 113 cm³/mol. The number of ether oxygens (including phenoxy) is 1. The first-order valence-electron chi connectivity index (χ1n) is 10.0. The van der Waals surface area contributed by atoms with Crippen LogP contribution in [0.25, 0.3) is 0 Å². The molecule has 0 unspecified atom stereocenters. The average molecular weight is 419 g/mol. The lowest BCUT2D eigenvalue weighted by Gasteiger charge is -2.36. The molecule has 3 aromatic rings. The minimum absolute atomic E-state index is 0.0189. The Labute approximate surface area is 178 Å². The van der Waals surface area contributed by atoms with Crippen LogP contribution in [-0.4, -0.2) is 47.7 Å². The normalized spacial score (nSPS) is 15.4. The van der Waals surface area contributed by atoms with Gasteiger partial charge in [-0.2, -0.15) is 0 Å². The number of halogens is 2. The van der Waals surface area contributed by atoms with Crippen LogP contribution < -0.4 is 4.74 Å². The van der Waals surface area contributed by atoms with Gasteiger partial charge in [-0.1, -0.05) is 24.3 Å². The molecule has 31 heavy (non-hydrogen) atoms. The maximum absolute atomic E-state index is 13.5. The standard InChI is InChI=1S/C24H19F2N3O2/c25-17-13-16(14-18(26)15-17)24(30)29-11-9-28(10-12-29)23-19-5-1-3-7-21(19)31-22-8-4-2-6-20(22)27-23/h1-8,13-15H,9-12H2. The highest BCUT2D eigenvalue weighted by Gasteiger charge is 2.28. The van der Waals surface area contributed by atoms with E-state index >= 15 is 0 Å². The number of rotatable bonds is 1. The second-order valence-corrected chi connectivity index (χ2v) is 7.44. The third-order valence-corrected chi connectivity index (χ3v) is 5.42. The van der Waals surface area contributed by atoms with Crippen LogP contribution >= 0.6 is 0 Å². The second-order valence-electron chi connectivity index (χ2n) is 7.44. The average Bonchev–Trinajstić information content (AvgIpc) is 2.95. The highest BCUT2D eigenvalue weighted by Crippen LogP contribution is 2.37. The summed E-state index contributed by atoms with van der Waals surface area (Å²) in [5.41, 5.74) is 1.64. The third kappa shape index (κ3) is 3.74. The Kier molecular flexibility index (Phi) is 4.86. The molecule has 0 radical (unpaired) electrons. The number of hydrogen-bond donors (Lipinski definition) is 0. The molecule has 0 atom stereocenters. The summed E-state index contributed by atoms with van der Waals surface area (Å²) in [4.78, 5) is 21.3. The van der Waals surface area contributed by atoms with Crippen molar-refractivity contribution in [3.05, 3.63) is 89.5 Å². The van der Waals surface area contributed by atoms with Crippen LogP contribution in [0.15, 0.2) is 71.7 Å². The number of nitrogens with zero attached hydrogens (tertiary/aromatic N) is 3. The fourth-order valence-corrected chi connectivity index (χ4v) is 3.89. The third-order valence-electron chi connectivity index (χ3n) is 5.42. The number of amides is 1. The first-order valence-corrected chi connectivity index (χ1v) is 10.0. The van der Waals surface area contributed by atoms with Crippen LogP contribution in [0.2, 0.25) is 0 Å². The summed E-state index contributed by atoms with van der Waals surface area (Å²) >= 11 is 0. The van der Waals surface area contributed by atoms with Crippen molar-refractivity contribution in [1.82, 2.24) is 9.80 Å². The Balaban J connectivity index is 1.40. The van der Waals surface area contributed by atoms with Gasteiger partial charge in [0.2, 0.25) is 0 Å². The van der Waals surface area contributed by atoms with E-state index in [0.29, 0.717) is 31.9 Å². The number of carbonyl (C=O) groups excluding carboxylic acids is 1. The highest BCUT2D eigenvalue weighted by molar-refractivity contribution is 6.04. The first kappa shape index (κ1) is 19.2. The molecule has 0 bridgehead atoms. The summed E-state index contributed by atoms with van der Waals surface area (Å²) < 4.78 is 33.1. The molecule has 1 fully saturated rings. The van der Waals surface area contributed by atoms with Gasteiger partial charge < -0.3 is 14.5 Å². The van der Waals surface area contributed by atoms with Crippen LogP contribution in [0, 0.1) is 11.6 Å². The lowest BCUT2D eigenvalue weighted by molar-refractivity contribution is 0.0691. The topological polar surface area (TPSA) is 45.1 Å². The summed E-state index contributed by atoms with van der Waals surface area (Å²) in [5.74, 6) is 0.293. The molecule has 5 nitrogen and oxygen atoms in total. The maximum atomic E-state index is 13.5. The van der Waals surface area contributed by atoms with Gasteiger partial charge in [0.25, 0.3) is 5.91 Å². The first-order chi connectivity index (χ1) is 15.1. The van der Waals surface area contributed by atoms with E-state index in [1.54, 1.807) is 4.90 Å². The van der Waals surface area contributed by atoms with Gasteiger partial charge in [-0.05, 0) is 36.4 Å². The molecule has 2 heterocycles. The van der Waals surface area contributed by atoms with Gasteiger partial charge in [0, 0.05) is 37.8 Å². The highest BCUT2D eigenvalue weighted by atomic mass is 19.1. The fraction of sp³-hybridized carbons (Fsp3) is 0.167. The number of aliphatic imine (C=N–C) groups is 1. The van der Waals surface area contributed by atoms with E-state index in [1.807, 2.05) is 48.5 Å². The molecule has 0 aromatic heterocycles. The van der Waals surface area contributed by atoms with Crippen molar-refractivity contribution in [1.29, 1.82) is 0 Å². The number of amidine groups is 1. The largest absolute Gasteiger partial charge is 0.454 e. The van der Waals surface area contributed by atoms with Gasteiger partial charge in [-0.3, -0.25) is 4.79 Å². The second kappa shape index (κ2) is 7.83. The van der Waals surface area contributed by atoms with Gasteiger partial charge >= 0.3 is 0 Å². The number of carbonyl (C=O) groups is 1. The van der Waals surface area contributed by atoms with E-state index < -0.39 is 11.6 Å². The molecule has 0 spiro atoms. The van der Waals surface area contributed by atoms with E-state index in [2.05, 4.69) is 4.90 Å². The zero-order valence-electron chi connectivity index (χ0n) is 16.6. The SMILES string of the molecule is O=C(c1cc(F)cc(F)c1)N1CCN(C2=Nc3ccccc3Oc3ccccc32)CC1. The number of benzene rings is 3. The van der Waals surface area contributed by atoms with Crippen molar-refractivity contribution in [3.8, 4) is 11.5 Å². The van der Waals surface area contributed by atoms with Gasteiger partial charge in [0.05, 0.1) is 5.56 Å². The lowest BCUT2D eigenvalue weighted by atomic mass is 10.1. The van der Waals surface area contributed by atoms with Crippen LogP contribution in [-0.2, 0) is 0 Å². The minimum atomic E-state index is -0.759.